The van der Waals surface area contributed by atoms with Crippen molar-refractivity contribution in [1.82, 2.24) is 0 Å². The van der Waals surface area contributed by atoms with Crippen molar-refractivity contribution in [3.63, 3.8) is 0 Å². The van der Waals surface area contributed by atoms with Gasteiger partial charge in [0.15, 0.2) is 0 Å². The van der Waals surface area contributed by atoms with Crippen LogP contribution in [-0.2, 0) is 0 Å². The number of carbonyl (C=O) groups is 1. The molecule has 3 nitrogen and oxygen atoms in total. The fourth-order valence-corrected chi connectivity index (χ4v) is 1.42. The minimum Gasteiger partial charge on any atom is -0.276 e. The zero-order valence-electron chi connectivity index (χ0n) is 8.88. The normalized spacial score (nSPS) is 10.6. The Balaban J connectivity index is 2.22. The molecule has 0 unspecified atom stereocenters. The molecule has 2 rings (SSSR count). The van der Waals surface area contributed by atoms with E-state index in [1.807, 2.05) is 30.3 Å². The topological polar surface area (TPSA) is 41.8 Å². The van der Waals surface area contributed by atoms with Crippen LogP contribution in [0.3, 0.4) is 0 Å². The summed E-state index contributed by atoms with van der Waals surface area (Å²) in [6.07, 6.45) is 0. The van der Waals surface area contributed by atoms with Crippen LogP contribution in [0.4, 0.5) is 11.4 Å². The number of hydrogen-bond acceptors (Lipinski definition) is 3. The van der Waals surface area contributed by atoms with E-state index in [-0.39, 0.29) is 0 Å². The first kappa shape index (κ1) is 11.5. The molecule has 0 fully saturated rings. The van der Waals surface area contributed by atoms with Gasteiger partial charge in [0, 0.05) is 5.56 Å². The zero-order chi connectivity index (χ0) is 12.1. The number of benzene rings is 2. The molecular weight excluding hydrogens is 236 g/mol. The van der Waals surface area contributed by atoms with E-state index in [2.05, 4.69) is 10.2 Å². The zero-order valence-corrected chi connectivity index (χ0v) is 9.63. The molecule has 4 heteroatoms. The molecule has 0 saturated carbocycles. The first-order valence-electron chi connectivity index (χ1n) is 5.02. The number of hydrogen-bond donors (Lipinski definition) is 0. The molecule has 0 aliphatic carbocycles. The highest BCUT2D eigenvalue weighted by molar-refractivity contribution is 6.67. The number of rotatable bonds is 3. The Bertz CT molecular complexity index is 552. The third-order valence-corrected chi connectivity index (χ3v) is 2.33. The average Bonchev–Trinajstić information content (AvgIpc) is 2.38. The standard InChI is InChI=1S/C13H9ClN2O/c14-13(17)10-5-4-8-12(9-10)16-15-11-6-2-1-3-7-11/h1-9H. The molecule has 0 amide bonds. The van der Waals surface area contributed by atoms with Gasteiger partial charge in [-0.25, -0.2) is 0 Å². The van der Waals surface area contributed by atoms with Crippen LogP contribution in [0.2, 0.25) is 0 Å². The van der Waals surface area contributed by atoms with Crippen molar-refractivity contribution < 1.29 is 4.79 Å². The molecule has 0 N–H and O–H groups in total. The van der Waals surface area contributed by atoms with Gasteiger partial charge in [-0.3, -0.25) is 4.79 Å². The van der Waals surface area contributed by atoms with E-state index in [1.165, 1.54) is 0 Å². The molecule has 0 heterocycles. The lowest BCUT2D eigenvalue weighted by atomic mass is 10.2. The Morgan fingerprint density at radius 3 is 2.24 bits per heavy atom. The highest BCUT2D eigenvalue weighted by Gasteiger charge is 2.01. The lowest BCUT2D eigenvalue weighted by Gasteiger charge is -1.95. The lowest BCUT2D eigenvalue weighted by Crippen LogP contribution is -1.85. The fraction of sp³-hybridized carbons (Fsp3) is 0. The molecule has 0 spiro atoms. The van der Waals surface area contributed by atoms with Crippen molar-refractivity contribution in [1.29, 1.82) is 0 Å². The van der Waals surface area contributed by atoms with Gasteiger partial charge in [-0.2, -0.15) is 10.2 Å². The van der Waals surface area contributed by atoms with E-state index in [9.17, 15) is 4.79 Å². The molecule has 84 valence electrons. The maximum atomic E-state index is 11.0. The summed E-state index contributed by atoms with van der Waals surface area (Å²) in [5.74, 6) is 0. The number of azo groups is 1. The van der Waals surface area contributed by atoms with E-state index in [4.69, 9.17) is 11.6 Å². The Labute approximate surface area is 104 Å². The summed E-state index contributed by atoms with van der Waals surface area (Å²) in [5.41, 5.74) is 1.77. The van der Waals surface area contributed by atoms with Gasteiger partial charge in [0.2, 0.25) is 0 Å². The quantitative estimate of drug-likeness (QED) is 0.580. The second-order valence-corrected chi connectivity index (χ2v) is 3.70. The third kappa shape index (κ3) is 3.23. The largest absolute Gasteiger partial charge is 0.276 e. The van der Waals surface area contributed by atoms with Crippen LogP contribution in [0, 0.1) is 0 Å². The maximum absolute atomic E-state index is 11.0. The number of halogens is 1. The van der Waals surface area contributed by atoms with Gasteiger partial charge in [-0.05, 0) is 41.9 Å². The minimum atomic E-state index is -0.498. The number of nitrogens with zero attached hydrogens (tertiary/aromatic N) is 2. The monoisotopic (exact) mass is 244 g/mol. The van der Waals surface area contributed by atoms with Crippen molar-refractivity contribution in [2.75, 3.05) is 0 Å². The van der Waals surface area contributed by atoms with Crippen molar-refractivity contribution >= 4 is 28.2 Å². The van der Waals surface area contributed by atoms with E-state index >= 15 is 0 Å². The number of carbonyl (C=O) groups excluding carboxylic acids is 1. The predicted molar refractivity (Wildman–Crippen MR) is 67.2 cm³/mol. The SMILES string of the molecule is O=C(Cl)c1cccc(N=Nc2ccccc2)c1. The van der Waals surface area contributed by atoms with Gasteiger partial charge in [-0.15, -0.1) is 0 Å². The second kappa shape index (κ2) is 5.37. The first-order valence-corrected chi connectivity index (χ1v) is 5.40. The van der Waals surface area contributed by atoms with Crippen LogP contribution >= 0.6 is 11.6 Å². The van der Waals surface area contributed by atoms with Gasteiger partial charge >= 0.3 is 0 Å². The van der Waals surface area contributed by atoms with E-state index in [0.29, 0.717) is 11.3 Å². The molecule has 17 heavy (non-hydrogen) atoms. The Morgan fingerprint density at radius 2 is 1.53 bits per heavy atom. The van der Waals surface area contributed by atoms with Gasteiger partial charge < -0.3 is 0 Å². The van der Waals surface area contributed by atoms with E-state index in [1.54, 1.807) is 24.3 Å². The fourth-order valence-electron chi connectivity index (χ4n) is 1.30. The van der Waals surface area contributed by atoms with Crippen LogP contribution in [0.15, 0.2) is 64.8 Å². The van der Waals surface area contributed by atoms with Crippen molar-refractivity contribution in [2.45, 2.75) is 0 Å². The molecule has 2 aromatic rings. The van der Waals surface area contributed by atoms with Crippen LogP contribution in [0.1, 0.15) is 10.4 Å². The molecule has 0 radical (unpaired) electrons. The van der Waals surface area contributed by atoms with Crippen molar-refractivity contribution in [2.24, 2.45) is 10.2 Å². The summed E-state index contributed by atoms with van der Waals surface area (Å²) in [6, 6.07) is 16.1. The summed E-state index contributed by atoms with van der Waals surface area (Å²) >= 11 is 5.38. The van der Waals surface area contributed by atoms with Gasteiger partial charge in [-0.1, -0.05) is 24.3 Å². The van der Waals surface area contributed by atoms with Crippen molar-refractivity contribution in [3.8, 4) is 0 Å². The third-order valence-electron chi connectivity index (χ3n) is 2.11. The molecule has 0 atom stereocenters. The minimum absolute atomic E-state index is 0.413. The highest BCUT2D eigenvalue weighted by Crippen LogP contribution is 2.19. The molecular formula is C13H9ClN2O. The van der Waals surface area contributed by atoms with Crippen LogP contribution in [-0.4, -0.2) is 5.24 Å². The van der Waals surface area contributed by atoms with Gasteiger partial charge in [0.1, 0.15) is 0 Å². The summed E-state index contributed by atoms with van der Waals surface area (Å²) in [7, 11) is 0. The summed E-state index contributed by atoms with van der Waals surface area (Å²) in [5, 5.41) is 7.58. The van der Waals surface area contributed by atoms with Crippen LogP contribution in [0.5, 0.6) is 0 Å². The Kier molecular flexibility index (Phi) is 3.62. The van der Waals surface area contributed by atoms with E-state index in [0.717, 1.165) is 5.69 Å². The molecule has 0 aliphatic heterocycles. The molecule has 0 saturated heterocycles. The summed E-state index contributed by atoms with van der Waals surface area (Å²) in [6.45, 7) is 0. The molecule has 0 bridgehead atoms. The van der Waals surface area contributed by atoms with Gasteiger partial charge in [0.05, 0.1) is 11.4 Å². The Morgan fingerprint density at radius 1 is 0.882 bits per heavy atom. The highest BCUT2D eigenvalue weighted by atomic mass is 35.5. The first-order chi connectivity index (χ1) is 8.25. The smallest absolute Gasteiger partial charge is 0.252 e. The molecule has 0 aromatic heterocycles. The van der Waals surface area contributed by atoms with E-state index < -0.39 is 5.24 Å². The molecule has 2 aromatic carbocycles. The van der Waals surface area contributed by atoms with Crippen molar-refractivity contribution in [3.05, 3.63) is 60.2 Å². The van der Waals surface area contributed by atoms with Gasteiger partial charge in [0.25, 0.3) is 5.24 Å². The second-order valence-electron chi connectivity index (χ2n) is 3.36. The van der Waals surface area contributed by atoms with Crippen LogP contribution in [0.25, 0.3) is 0 Å². The van der Waals surface area contributed by atoms with Crippen LogP contribution < -0.4 is 0 Å². The summed E-state index contributed by atoms with van der Waals surface area (Å²) in [4.78, 5) is 11.0. The Hall–Kier alpha value is -2.00. The predicted octanol–water partition coefficient (Wildman–Crippen LogP) is 4.48. The maximum Gasteiger partial charge on any atom is 0.252 e. The average molecular weight is 245 g/mol. The lowest BCUT2D eigenvalue weighted by molar-refractivity contribution is 0.108. The molecule has 0 aliphatic rings. The summed E-state index contributed by atoms with van der Waals surface area (Å²) < 4.78 is 0.